The first kappa shape index (κ1) is 29.4. The van der Waals surface area contributed by atoms with Crippen LogP contribution in [-0.2, 0) is 0 Å². The van der Waals surface area contributed by atoms with Crippen LogP contribution in [0.15, 0.2) is 164 Å². The molecular formula is C45H27FN4S. The number of fused-ring (bicyclic) bond motifs is 6. The molecule has 0 unspecified atom stereocenters. The molecular weight excluding hydrogens is 648 g/mol. The minimum absolute atomic E-state index is 0.352. The lowest BCUT2D eigenvalue weighted by Crippen LogP contribution is -2.01. The van der Waals surface area contributed by atoms with Crippen molar-refractivity contribution in [2.75, 3.05) is 0 Å². The van der Waals surface area contributed by atoms with Crippen molar-refractivity contribution in [3.63, 3.8) is 0 Å². The number of aromatic nitrogens is 4. The Morgan fingerprint density at radius 2 is 1.04 bits per heavy atom. The molecule has 0 aliphatic heterocycles. The molecule has 6 heteroatoms. The van der Waals surface area contributed by atoms with E-state index in [0.29, 0.717) is 23.0 Å². The molecule has 0 saturated carbocycles. The lowest BCUT2D eigenvalue weighted by Gasteiger charge is -2.12. The molecule has 51 heavy (non-hydrogen) atoms. The Hall–Kier alpha value is -6.50. The van der Waals surface area contributed by atoms with Crippen molar-refractivity contribution in [2.45, 2.75) is 0 Å². The van der Waals surface area contributed by atoms with Crippen LogP contribution >= 0.6 is 11.3 Å². The Kier molecular flexibility index (Phi) is 6.82. The topological polar surface area (TPSA) is 43.6 Å². The summed E-state index contributed by atoms with van der Waals surface area (Å²) < 4.78 is 20.4. The first-order valence-electron chi connectivity index (χ1n) is 16.8. The van der Waals surface area contributed by atoms with E-state index >= 15 is 4.39 Å². The van der Waals surface area contributed by atoms with Crippen LogP contribution in [0, 0.1) is 5.82 Å². The van der Waals surface area contributed by atoms with Gasteiger partial charge in [0.1, 0.15) is 5.82 Å². The summed E-state index contributed by atoms with van der Waals surface area (Å²) in [7, 11) is 0. The Labute approximate surface area is 296 Å². The fourth-order valence-corrected chi connectivity index (χ4v) is 8.42. The van der Waals surface area contributed by atoms with Gasteiger partial charge in [-0.05, 0) is 65.7 Å². The van der Waals surface area contributed by atoms with E-state index in [1.807, 2.05) is 54.6 Å². The summed E-state index contributed by atoms with van der Waals surface area (Å²) in [4.78, 5) is 15.2. The highest BCUT2D eigenvalue weighted by atomic mass is 32.1. The number of rotatable bonds is 5. The van der Waals surface area contributed by atoms with Crippen LogP contribution in [0.1, 0.15) is 0 Å². The Morgan fingerprint density at radius 3 is 1.88 bits per heavy atom. The lowest BCUT2D eigenvalue weighted by molar-refractivity contribution is 0.628. The highest BCUT2D eigenvalue weighted by Gasteiger charge is 2.20. The number of hydrogen-bond donors (Lipinski definition) is 0. The molecule has 3 heterocycles. The molecule has 0 N–H and O–H groups in total. The summed E-state index contributed by atoms with van der Waals surface area (Å²) in [5.74, 6) is 1.11. The number of nitrogens with zero attached hydrogens (tertiary/aromatic N) is 4. The Bertz CT molecular complexity index is 2930. The molecule has 240 valence electrons. The van der Waals surface area contributed by atoms with Gasteiger partial charge in [0, 0.05) is 53.3 Å². The summed E-state index contributed by atoms with van der Waals surface area (Å²) in [6.45, 7) is 0. The SMILES string of the molecule is Fc1cc(-c2nc(-c3ccccc3)nc(-c3cccc4c3c3ccccc3n4-c3ccccc3)n2)cc(-c2cccc3sc4ccccc4c23)c1. The predicted molar refractivity (Wildman–Crippen MR) is 209 cm³/mol. The van der Waals surface area contributed by atoms with E-state index in [4.69, 9.17) is 15.0 Å². The second-order valence-electron chi connectivity index (χ2n) is 12.6. The van der Waals surface area contributed by atoms with Gasteiger partial charge in [0.25, 0.3) is 0 Å². The van der Waals surface area contributed by atoms with Crippen LogP contribution in [-0.4, -0.2) is 19.5 Å². The second kappa shape index (κ2) is 11.8. The molecule has 7 aromatic carbocycles. The van der Waals surface area contributed by atoms with Crippen molar-refractivity contribution in [2.24, 2.45) is 0 Å². The third-order valence-corrected chi connectivity index (χ3v) is 10.6. The minimum atomic E-state index is -0.352. The van der Waals surface area contributed by atoms with Gasteiger partial charge < -0.3 is 4.57 Å². The van der Waals surface area contributed by atoms with E-state index < -0.39 is 0 Å². The van der Waals surface area contributed by atoms with Crippen LogP contribution in [0.25, 0.3) is 93.0 Å². The van der Waals surface area contributed by atoms with Crippen LogP contribution in [0.2, 0.25) is 0 Å². The molecule has 0 aliphatic carbocycles. The monoisotopic (exact) mass is 674 g/mol. The maximum absolute atomic E-state index is 15.8. The molecule has 0 fully saturated rings. The fourth-order valence-electron chi connectivity index (χ4n) is 7.29. The maximum Gasteiger partial charge on any atom is 0.164 e. The van der Waals surface area contributed by atoms with Crippen molar-refractivity contribution in [1.29, 1.82) is 0 Å². The first-order chi connectivity index (χ1) is 25.2. The molecule has 4 nitrogen and oxygen atoms in total. The molecule has 10 rings (SSSR count). The van der Waals surface area contributed by atoms with Gasteiger partial charge in [0.15, 0.2) is 17.5 Å². The minimum Gasteiger partial charge on any atom is -0.309 e. The zero-order chi connectivity index (χ0) is 33.9. The van der Waals surface area contributed by atoms with Crippen molar-refractivity contribution in [3.05, 3.63) is 170 Å². The molecule has 0 amide bonds. The van der Waals surface area contributed by atoms with E-state index in [0.717, 1.165) is 65.2 Å². The molecule has 0 spiro atoms. The highest BCUT2D eigenvalue weighted by Crippen LogP contribution is 2.42. The van der Waals surface area contributed by atoms with Gasteiger partial charge in [-0.1, -0.05) is 109 Å². The van der Waals surface area contributed by atoms with Crippen LogP contribution < -0.4 is 0 Å². The van der Waals surface area contributed by atoms with Crippen molar-refractivity contribution in [1.82, 2.24) is 19.5 Å². The average molecular weight is 675 g/mol. The van der Waals surface area contributed by atoms with Crippen LogP contribution in [0.5, 0.6) is 0 Å². The standard InChI is InChI=1S/C45H27FN4S/c46-31-26-29(33-19-12-24-40-42(33)35-18-8-10-23-39(35)51-40)25-30(27-31)44-47-43(28-13-3-1-4-14-28)48-45(49-44)36-20-11-22-38-41(36)34-17-7-9-21-37(34)50(38)32-15-5-2-6-16-32/h1-27H. The smallest absolute Gasteiger partial charge is 0.164 e. The van der Waals surface area contributed by atoms with Crippen molar-refractivity contribution < 1.29 is 4.39 Å². The van der Waals surface area contributed by atoms with Gasteiger partial charge in [0.2, 0.25) is 0 Å². The number of para-hydroxylation sites is 2. The summed E-state index contributed by atoms with van der Waals surface area (Å²) in [6, 6.07) is 54.7. The quantitative estimate of drug-likeness (QED) is 0.182. The van der Waals surface area contributed by atoms with Crippen LogP contribution in [0.4, 0.5) is 4.39 Å². The fraction of sp³-hybridized carbons (Fsp3) is 0. The maximum atomic E-state index is 15.8. The van der Waals surface area contributed by atoms with Crippen molar-refractivity contribution >= 4 is 53.3 Å². The van der Waals surface area contributed by atoms with E-state index in [1.165, 1.54) is 10.8 Å². The van der Waals surface area contributed by atoms with E-state index in [9.17, 15) is 0 Å². The first-order valence-corrected chi connectivity index (χ1v) is 17.6. The molecule has 0 atom stereocenters. The van der Waals surface area contributed by atoms with E-state index in [1.54, 1.807) is 17.4 Å². The molecule has 3 aromatic heterocycles. The summed E-state index contributed by atoms with van der Waals surface area (Å²) in [5, 5.41) is 4.43. The molecule has 0 aliphatic rings. The van der Waals surface area contributed by atoms with Gasteiger partial charge in [0.05, 0.1) is 11.0 Å². The van der Waals surface area contributed by atoms with Crippen LogP contribution in [0.3, 0.4) is 0 Å². The highest BCUT2D eigenvalue weighted by molar-refractivity contribution is 7.25. The van der Waals surface area contributed by atoms with E-state index in [-0.39, 0.29) is 5.82 Å². The Balaban J connectivity index is 1.22. The van der Waals surface area contributed by atoms with Gasteiger partial charge in [-0.25, -0.2) is 19.3 Å². The van der Waals surface area contributed by atoms with Gasteiger partial charge in [-0.3, -0.25) is 0 Å². The summed E-state index contributed by atoms with van der Waals surface area (Å²) in [6.07, 6.45) is 0. The summed E-state index contributed by atoms with van der Waals surface area (Å²) >= 11 is 1.75. The normalized spacial score (nSPS) is 11.6. The van der Waals surface area contributed by atoms with Gasteiger partial charge in [-0.15, -0.1) is 11.3 Å². The number of hydrogen-bond acceptors (Lipinski definition) is 4. The average Bonchev–Trinajstić information content (AvgIpc) is 3.74. The molecule has 0 saturated heterocycles. The predicted octanol–water partition coefficient (Wildman–Crippen LogP) is 12.1. The molecule has 0 radical (unpaired) electrons. The zero-order valence-corrected chi connectivity index (χ0v) is 28.0. The Morgan fingerprint density at radius 1 is 0.431 bits per heavy atom. The molecule has 0 bridgehead atoms. The zero-order valence-electron chi connectivity index (χ0n) is 27.2. The third-order valence-electron chi connectivity index (χ3n) is 9.49. The second-order valence-corrected chi connectivity index (χ2v) is 13.6. The number of halogens is 1. The van der Waals surface area contributed by atoms with Gasteiger partial charge in [-0.2, -0.15) is 0 Å². The third kappa shape index (κ3) is 4.91. The largest absolute Gasteiger partial charge is 0.309 e. The number of thiophene rings is 1. The number of benzene rings is 7. The lowest BCUT2D eigenvalue weighted by atomic mass is 9.97. The van der Waals surface area contributed by atoms with E-state index in [2.05, 4.69) is 102 Å². The molecule has 10 aromatic rings. The summed E-state index contributed by atoms with van der Waals surface area (Å²) in [5.41, 5.74) is 7.28. The van der Waals surface area contributed by atoms with Crippen molar-refractivity contribution in [3.8, 4) is 51.0 Å². The van der Waals surface area contributed by atoms with Gasteiger partial charge >= 0.3 is 0 Å².